The lowest BCUT2D eigenvalue weighted by Gasteiger charge is -2.36. The zero-order chi connectivity index (χ0) is 21.3. The molecule has 2 heterocycles. The van der Waals surface area contributed by atoms with Crippen molar-refractivity contribution in [1.82, 2.24) is 5.32 Å². The third kappa shape index (κ3) is 3.43. The summed E-state index contributed by atoms with van der Waals surface area (Å²) in [7, 11) is 0. The summed E-state index contributed by atoms with van der Waals surface area (Å²) in [4.78, 5) is 26.5. The van der Waals surface area contributed by atoms with E-state index < -0.39 is 29.8 Å². The third-order valence-corrected chi connectivity index (χ3v) is 5.45. The molecule has 2 aromatic rings. The first kappa shape index (κ1) is 20.0. The van der Waals surface area contributed by atoms with Crippen LogP contribution < -0.4 is 16.0 Å². The van der Waals surface area contributed by atoms with Crippen LogP contribution >= 0.6 is 0 Å². The summed E-state index contributed by atoms with van der Waals surface area (Å²) < 4.78 is 21.2. The molecule has 0 aromatic heterocycles. The van der Waals surface area contributed by atoms with Crippen molar-refractivity contribution < 1.29 is 18.7 Å². The fourth-order valence-electron chi connectivity index (χ4n) is 4.01. The Morgan fingerprint density at radius 3 is 2.77 bits per heavy atom. The number of carbonyl (C=O) groups excluding carboxylic acids is 2. The number of benzene rings is 2. The van der Waals surface area contributed by atoms with Crippen LogP contribution in [0.4, 0.5) is 10.1 Å². The Morgan fingerprint density at radius 1 is 1.30 bits per heavy atom. The van der Waals surface area contributed by atoms with Crippen LogP contribution in [0.15, 0.2) is 36.4 Å². The number of nitriles is 1. The first-order chi connectivity index (χ1) is 14.5. The van der Waals surface area contributed by atoms with Gasteiger partial charge >= 0.3 is 0 Å². The Labute approximate surface area is 173 Å². The number of primary amides is 1. The molecule has 2 aliphatic heterocycles. The van der Waals surface area contributed by atoms with E-state index in [1.54, 1.807) is 24.3 Å². The van der Waals surface area contributed by atoms with Crippen molar-refractivity contribution >= 4 is 17.5 Å². The fraction of sp³-hybridized carbons (Fsp3) is 0.318. The maximum absolute atomic E-state index is 15.6. The van der Waals surface area contributed by atoms with Gasteiger partial charge in [-0.15, -0.1) is 0 Å². The molecule has 2 aromatic carbocycles. The standard InChI is InChI=1S/C22H21FN4O3/c23-19-16-9-14(11-24)27(22(29)18-12-26-7-4-8-30-18)20(19)17(21(25)28)10-15(16)13-5-2-1-3-6-13/h1-3,5-6,10,14,18,26H,4,7-9,12H2,(H2,25,28)/t14-,18-/m0/s1. The predicted molar refractivity (Wildman–Crippen MR) is 108 cm³/mol. The number of rotatable bonds is 3. The molecular weight excluding hydrogens is 387 g/mol. The molecule has 2 atom stereocenters. The second-order valence-electron chi connectivity index (χ2n) is 7.32. The van der Waals surface area contributed by atoms with E-state index in [1.165, 1.54) is 6.07 Å². The molecule has 0 saturated carbocycles. The smallest absolute Gasteiger partial charge is 0.258 e. The Kier molecular flexibility index (Phi) is 5.48. The van der Waals surface area contributed by atoms with Crippen molar-refractivity contribution in [2.45, 2.75) is 25.0 Å². The first-order valence-corrected chi connectivity index (χ1v) is 9.78. The monoisotopic (exact) mass is 408 g/mol. The molecule has 7 nitrogen and oxygen atoms in total. The summed E-state index contributed by atoms with van der Waals surface area (Å²) >= 11 is 0. The van der Waals surface area contributed by atoms with E-state index in [1.807, 2.05) is 6.07 Å². The van der Waals surface area contributed by atoms with E-state index in [2.05, 4.69) is 11.4 Å². The minimum atomic E-state index is -0.976. The van der Waals surface area contributed by atoms with E-state index >= 15 is 4.39 Å². The van der Waals surface area contributed by atoms with Crippen LogP contribution in [0.5, 0.6) is 0 Å². The highest BCUT2D eigenvalue weighted by atomic mass is 19.1. The van der Waals surface area contributed by atoms with Crippen LogP contribution in [0.1, 0.15) is 22.3 Å². The SMILES string of the molecule is N#C[C@@H]1Cc2c(-c3ccccc3)cc(C(N)=O)c(c2F)N1C(=O)[C@@H]1CNCCCO1. The summed E-state index contributed by atoms with van der Waals surface area (Å²) in [5.41, 5.74) is 6.67. The maximum atomic E-state index is 15.6. The summed E-state index contributed by atoms with van der Waals surface area (Å²) in [6.07, 6.45) is -0.133. The van der Waals surface area contributed by atoms with Gasteiger partial charge in [0.1, 0.15) is 12.1 Å². The molecule has 4 rings (SSSR count). The summed E-state index contributed by atoms with van der Waals surface area (Å²) in [6.45, 7) is 1.32. The average molecular weight is 408 g/mol. The number of nitrogens with zero attached hydrogens (tertiary/aromatic N) is 2. The molecule has 8 heteroatoms. The lowest BCUT2D eigenvalue weighted by molar-refractivity contribution is -0.129. The number of ether oxygens (including phenoxy) is 1. The van der Waals surface area contributed by atoms with Gasteiger partial charge in [-0.1, -0.05) is 30.3 Å². The number of carbonyl (C=O) groups is 2. The zero-order valence-electron chi connectivity index (χ0n) is 16.2. The van der Waals surface area contributed by atoms with Crippen LogP contribution in [0.3, 0.4) is 0 Å². The second kappa shape index (κ2) is 8.22. The summed E-state index contributed by atoms with van der Waals surface area (Å²) in [5.74, 6) is -2.13. The van der Waals surface area contributed by atoms with E-state index in [4.69, 9.17) is 10.5 Å². The van der Waals surface area contributed by atoms with Crippen molar-refractivity contribution in [3.8, 4) is 17.2 Å². The van der Waals surface area contributed by atoms with Crippen LogP contribution in [0.25, 0.3) is 11.1 Å². The number of nitrogens with two attached hydrogens (primary N) is 1. The molecule has 0 aliphatic carbocycles. The summed E-state index contributed by atoms with van der Waals surface area (Å²) in [6, 6.07) is 11.6. The normalized spacial score (nSPS) is 20.9. The average Bonchev–Trinajstić information content (AvgIpc) is 3.03. The minimum absolute atomic E-state index is 0.00446. The van der Waals surface area contributed by atoms with E-state index in [0.717, 1.165) is 11.3 Å². The van der Waals surface area contributed by atoms with Crippen LogP contribution in [-0.2, 0) is 16.0 Å². The van der Waals surface area contributed by atoms with E-state index in [-0.39, 0.29) is 29.8 Å². The number of hydrogen-bond acceptors (Lipinski definition) is 5. The van der Waals surface area contributed by atoms with Crippen molar-refractivity contribution in [3.63, 3.8) is 0 Å². The van der Waals surface area contributed by atoms with Gasteiger partial charge < -0.3 is 15.8 Å². The minimum Gasteiger partial charge on any atom is -0.367 e. The highest BCUT2D eigenvalue weighted by molar-refractivity contribution is 6.08. The van der Waals surface area contributed by atoms with Crippen molar-refractivity contribution in [2.75, 3.05) is 24.6 Å². The van der Waals surface area contributed by atoms with Gasteiger partial charge in [-0.3, -0.25) is 14.5 Å². The van der Waals surface area contributed by atoms with Gasteiger partial charge in [-0.25, -0.2) is 4.39 Å². The molecule has 0 unspecified atom stereocenters. The lowest BCUT2D eigenvalue weighted by atomic mass is 9.87. The van der Waals surface area contributed by atoms with Gasteiger partial charge in [-0.2, -0.15) is 5.26 Å². The quantitative estimate of drug-likeness (QED) is 0.804. The molecule has 1 saturated heterocycles. The zero-order valence-corrected chi connectivity index (χ0v) is 16.2. The Hall–Kier alpha value is -3.28. The highest BCUT2D eigenvalue weighted by Gasteiger charge is 2.41. The molecule has 0 radical (unpaired) electrons. The molecule has 30 heavy (non-hydrogen) atoms. The van der Waals surface area contributed by atoms with Gasteiger partial charge in [0.05, 0.1) is 17.3 Å². The van der Waals surface area contributed by atoms with Gasteiger partial charge in [0.2, 0.25) is 0 Å². The molecule has 3 N–H and O–H groups in total. The Balaban J connectivity index is 1.87. The van der Waals surface area contributed by atoms with Gasteiger partial charge in [-0.05, 0) is 30.2 Å². The van der Waals surface area contributed by atoms with Gasteiger partial charge in [0.15, 0.2) is 5.82 Å². The second-order valence-corrected chi connectivity index (χ2v) is 7.32. The lowest BCUT2D eigenvalue weighted by Crippen LogP contribution is -2.52. The maximum Gasteiger partial charge on any atom is 0.258 e. The molecule has 1 fully saturated rings. The van der Waals surface area contributed by atoms with Crippen LogP contribution in [0, 0.1) is 17.1 Å². The van der Waals surface area contributed by atoms with E-state index in [9.17, 15) is 14.9 Å². The molecule has 2 aliphatic rings. The number of halogens is 1. The number of hydrogen-bond donors (Lipinski definition) is 2. The number of anilines is 1. The molecule has 0 spiro atoms. The fourth-order valence-corrected chi connectivity index (χ4v) is 4.01. The van der Waals surface area contributed by atoms with Gasteiger partial charge in [0.25, 0.3) is 11.8 Å². The number of amides is 2. The molecule has 2 amide bonds. The van der Waals surface area contributed by atoms with Crippen LogP contribution in [-0.4, -0.2) is 43.7 Å². The topological polar surface area (TPSA) is 108 Å². The first-order valence-electron chi connectivity index (χ1n) is 9.78. The molecule has 2 bridgehead atoms. The number of fused-ring (bicyclic) bond motifs is 2. The third-order valence-electron chi connectivity index (χ3n) is 5.45. The number of nitrogens with one attached hydrogen (secondary N) is 1. The molecule has 154 valence electrons. The van der Waals surface area contributed by atoms with Crippen molar-refractivity contribution in [1.29, 1.82) is 5.26 Å². The summed E-state index contributed by atoms with van der Waals surface area (Å²) in [5, 5.41) is 12.9. The van der Waals surface area contributed by atoms with Crippen molar-refractivity contribution in [3.05, 3.63) is 53.3 Å². The predicted octanol–water partition coefficient (Wildman–Crippen LogP) is 1.75. The van der Waals surface area contributed by atoms with Crippen molar-refractivity contribution in [2.24, 2.45) is 5.73 Å². The van der Waals surface area contributed by atoms with E-state index in [0.29, 0.717) is 24.3 Å². The highest BCUT2D eigenvalue weighted by Crippen LogP contribution is 2.41. The Morgan fingerprint density at radius 2 is 2.07 bits per heavy atom. The van der Waals surface area contributed by atoms with Gasteiger partial charge in [0, 0.05) is 25.1 Å². The molecular formula is C22H21FN4O3. The van der Waals surface area contributed by atoms with Crippen LogP contribution in [0.2, 0.25) is 0 Å². The largest absolute Gasteiger partial charge is 0.367 e. The Bertz CT molecular complexity index is 1030.